The molecule has 2 rings (SSSR count). The van der Waals surface area contributed by atoms with E-state index < -0.39 is 11.4 Å². The molecule has 0 saturated heterocycles. The number of anilines is 1. The number of amides is 2. The van der Waals surface area contributed by atoms with Gasteiger partial charge in [0, 0.05) is 25.2 Å². The molecule has 0 aliphatic carbocycles. The number of rotatable bonds is 6. The number of benzene rings is 1. The number of nitrogens with one attached hydrogen (secondary N) is 1. The molecule has 1 aromatic carbocycles. The van der Waals surface area contributed by atoms with Gasteiger partial charge in [0.2, 0.25) is 11.8 Å². The second-order valence-corrected chi connectivity index (χ2v) is 5.20. The van der Waals surface area contributed by atoms with E-state index in [1.165, 1.54) is 4.68 Å². The van der Waals surface area contributed by atoms with Crippen LogP contribution in [0.5, 0.6) is 0 Å². The molecule has 1 heterocycles. The Kier molecular flexibility index (Phi) is 4.57. The van der Waals surface area contributed by atoms with E-state index in [1.54, 1.807) is 31.3 Å². The van der Waals surface area contributed by atoms with Crippen molar-refractivity contribution in [3.8, 4) is 0 Å². The van der Waals surface area contributed by atoms with Crippen LogP contribution in [-0.4, -0.2) is 21.6 Å². The lowest BCUT2D eigenvalue weighted by atomic mass is 9.92. The van der Waals surface area contributed by atoms with Crippen molar-refractivity contribution in [2.75, 3.05) is 5.32 Å². The van der Waals surface area contributed by atoms with Crippen LogP contribution in [0, 0.1) is 0 Å². The van der Waals surface area contributed by atoms with Crippen molar-refractivity contribution in [3.63, 3.8) is 0 Å². The van der Waals surface area contributed by atoms with Crippen LogP contribution in [0.25, 0.3) is 0 Å². The quantitative estimate of drug-likeness (QED) is 0.723. The van der Waals surface area contributed by atoms with E-state index in [9.17, 15) is 9.59 Å². The lowest BCUT2D eigenvalue weighted by molar-refractivity contribution is -0.121. The van der Waals surface area contributed by atoms with Crippen LogP contribution in [0.2, 0.25) is 0 Å². The standard InChI is InChI=1S/C15H19N5O2/c1-15(17,11-5-3-2-4-6-11)14(22)18-13-8-10-20(19-13)9-7-12(16)21/h2-6,8,10H,7,9,17H2,1H3,(H2,16,21)(H,18,19,22). The monoisotopic (exact) mass is 301 g/mol. The van der Waals surface area contributed by atoms with Gasteiger partial charge in [0.1, 0.15) is 5.54 Å². The maximum atomic E-state index is 12.4. The predicted octanol–water partition coefficient (Wildman–Crippen LogP) is 0.571. The van der Waals surface area contributed by atoms with E-state index in [4.69, 9.17) is 11.5 Å². The highest BCUT2D eigenvalue weighted by Crippen LogP contribution is 2.19. The van der Waals surface area contributed by atoms with Gasteiger partial charge in [-0.15, -0.1) is 0 Å². The minimum absolute atomic E-state index is 0.188. The van der Waals surface area contributed by atoms with Crippen LogP contribution in [0.3, 0.4) is 0 Å². The van der Waals surface area contributed by atoms with E-state index in [0.717, 1.165) is 0 Å². The number of aryl methyl sites for hydroxylation is 1. The van der Waals surface area contributed by atoms with Gasteiger partial charge < -0.3 is 16.8 Å². The van der Waals surface area contributed by atoms with Gasteiger partial charge in [-0.3, -0.25) is 14.3 Å². The van der Waals surface area contributed by atoms with Crippen LogP contribution in [0.15, 0.2) is 42.6 Å². The van der Waals surface area contributed by atoms with Crippen molar-refractivity contribution in [3.05, 3.63) is 48.2 Å². The summed E-state index contributed by atoms with van der Waals surface area (Å²) < 4.78 is 1.54. The first-order valence-corrected chi connectivity index (χ1v) is 6.87. The summed E-state index contributed by atoms with van der Waals surface area (Å²) in [5.41, 5.74) is 10.8. The Labute approximate surface area is 128 Å². The molecule has 5 N–H and O–H groups in total. The van der Waals surface area contributed by atoms with Crippen LogP contribution in [0.1, 0.15) is 18.9 Å². The first kappa shape index (κ1) is 15.7. The molecule has 1 unspecified atom stereocenters. The van der Waals surface area contributed by atoms with Crippen molar-refractivity contribution in [2.24, 2.45) is 11.5 Å². The summed E-state index contributed by atoms with van der Waals surface area (Å²) in [5, 5.41) is 6.83. The highest BCUT2D eigenvalue weighted by molar-refractivity contribution is 5.97. The highest BCUT2D eigenvalue weighted by atomic mass is 16.2. The molecule has 0 spiro atoms. The van der Waals surface area contributed by atoms with Crippen molar-refractivity contribution in [1.82, 2.24) is 9.78 Å². The smallest absolute Gasteiger partial charge is 0.249 e. The molecule has 0 aliphatic rings. The fourth-order valence-corrected chi connectivity index (χ4v) is 1.94. The minimum Gasteiger partial charge on any atom is -0.370 e. The third-order valence-electron chi connectivity index (χ3n) is 3.31. The van der Waals surface area contributed by atoms with Gasteiger partial charge in [0.25, 0.3) is 0 Å². The Morgan fingerprint density at radius 2 is 1.95 bits per heavy atom. The molecular weight excluding hydrogens is 282 g/mol. The summed E-state index contributed by atoms with van der Waals surface area (Å²) in [7, 11) is 0. The molecule has 0 fully saturated rings. The number of hydrogen-bond acceptors (Lipinski definition) is 4. The number of aromatic nitrogens is 2. The van der Waals surface area contributed by atoms with Crippen LogP contribution in [-0.2, 0) is 21.7 Å². The molecule has 0 radical (unpaired) electrons. The fourth-order valence-electron chi connectivity index (χ4n) is 1.94. The lowest BCUT2D eigenvalue weighted by Crippen LogP contribution is -2.45. The summed E-state index contributed by atoms with van der Waals surface area (Å²) in [6.45, 7) is 2.01. The normalized spacial score (nSPS) is 13.4. The van der Waals surface area contributed by atoms with Crippen LogP contribution in [0.4, 0.5) is 5.82 Å². The summed E-state index contributed by atoms with van der Waals surface area (Å²) >= 11 is 0. The molecule has 0 bridgehead atoms. The summed E-state index contributed by atoms with van der Waals surface area (Å²) in [5.74, 6) is -0.388. The highest BCUT2D eigenvalue weighted by Gasteiger charge is 2.30. The summed E-state index contributed by atoms with van der Waals surface area (Å²) in [6.07, 6.45) is 1.85. The SMILES string of the molecule is CC(N)(C(=O)Nc1ccn(CCC(N)=O)n1)c1ccccc1. The zero-order chi connectivity index (χ0) is 16.2. The molecule has 7 heteroatoms. The molecular formula is C15H19N5O2. The van der Waals surface area contributed by atoms with Gasteiger partial charge in [-0.2, -0.15) is 5.10 Å². The van der Waals surface area contributed by atoms with Crippen molar-refractivity contribution in [2.45, 2.75) is 25.4 Å². The topological polar surface area (TPSA) is 116 Å². The molecule has 0 saturated carbocycles. The number of primary amides is 1. The zero-order valence-electron chi connectivity index (χ0n) is 12.3. The summed E-state index contributed by atoms with van der Waals surface area (Å²) in [4.78, 5) is 23.1. The maximum Gasteiger partial charge on any atom is 0.249 e. The number of carbonyl (C=O) groups is 2. The first-order chi connectivity index (χ1) is 10.4. The molecule has 1 atom stereocenters. The molecule has 1 aromatic heterocycles. The number of carbonyl (C=O) groups excluding carboxylic acids is 2. The van der Waals surface area contributed by atoms with E-state index in [-0.39, 0.29) is 12.3 Å². The van der Waals surface area contributed by atoms with E-state index in [1.807, 2.05) is 18.2 Å². The molecule has 116 valence electrons. The second-order valence-electron chi connectivity index (χ2n) is 5.20. The van der Waals surface area contributed by atoms with E-state index in [2.05, 4.69) is 10.4 Å². The van der Waals surface area contributed by atoms with Crippen LogP contribution < -0.4 is 16.8 Å². The van der Waals surface area contributed by atoms with Crippen molar-refractivity contribution >= 4 is 17.6 Å². The number of hydrogen-bond donors (Lipinski definition) is 3. The lowest BCUT2D eigenvalue weighted by Gasteiger charge is -2.23. The Morgan fingerprint density at radius 1 is 1.27 bits per heavy atom. The summed E-state index contributed by atoms with van der Waals surface area (Å²) in [6, 6.07) is 10.7. The molecule has 2 aromatic rings. The van der Waals surface area contributed by atoms with Crippen molar-refractivity contribution in [1.29, 1.82) is 0 Å². The Hall–Kier alpha value is -2.67. The maximum absolute atomic E-state index is 12.4. The van der Waals surface area contributed by atoms with Gasteiger partial charge in [-0.05, 0) is 12.5 Å². The van der Waals surface area contributed by atoms with Gasteiger partial charge in [0.15, 0.2) is 5.82 Å². The second kappa shape index (κ2) is 6.40. The molecule has 7 nitrogen and oxygen atoms in total. The Morgan fingerprint density at radius 3 is 2.59 bits per heavy atom. The zero-order valence-corrected chi connectivity index (χ0v) is 12.3. The molecule has 2 amide bonds. The van der Waals surface area contributed by atoms with E-state index in [0.29, 0.717) is 17.9 Å². The fraction of sp³-hybridized carbons (Fsp3) is 0.267. The molecule has 0 aliphatic heterocycles. The van der Waals surface area contributed by atoms with Gasteiger partial charge in [0.05, 0.1) is 0 Å². The van der Waals surface area contributed by atoms with Crippen LogP contribution >= 0.6 is 0 Å². The van der Waals surface area contributed by atoms with Gasteiger partial charge in [-0.1, -0.05) is 30.3 Å². The predicted molar refractivity (Wildman–Crippen MR) is 82.6 cm³/mol. The third-order valence-corrected chi connectivity index (χ3v) is 3.31. The van der Waals surface area contributed by atoms with Gasteiger partial charge in [-0.25, -0.2) is 0 Å². The Balaban J connectivity index is 2.04. The van der Waals surface area contributed by atoms with E-state index >= 15 is 0 Å². The Bertz CT molecular complexity index is 664. The van der Waals surface area contributed by atoms with Crippen molar-refractivity contribution < 1.29 is 9.59 Å². The third kappa shape index (κ3) is 3.70. The average Bonchev–Trinajstić information content (AvgIpc) is 2.93. The average molecular weight is 301 g/mol. The molecule has 22 heavy (non-hydrogen) atoms. The number of nitrogens with zero attached hydrogens (tertiary/aromatic N) is 2. The van der Waals surface area contributed by atoms with Gasteiger partial charge >= 0.3 is 0 Å². The minimum atomic E-state index is -1.17. The number of nitrogens with two attached hydrogens (primary N) is 2. The largest absolute Gasteiger partial charge is 0.370 e. The first-order valence-electron chi connectivity index (χ1n) is 6.87.